The van der Waals surface area contributed by atoms with E-state index < -0.39 is 17.7 Å². The molecule has 1 fully saturated rings. The lowest BCUT2D eigenvalue weighted by molar-refractivity contribution is -0.147. The average Bonchev–Trinajstić information content (AvgIpc) is 2.62. The molecule has 1 N–H and O–H groups in total. The van der Waals surface area contributed by atoms with Crippen LogP contribution >= 0.6 is 0 Å². The van der Waals surface area contributed by atoms with E-state index in [1.165, 1.54) is 12.1 Å². The monoisotopic (exact) mass is 393 g/mol. The topological polar surface area (TPSA) is 49.8 Å². The predicted molar refractivity (Wildman–Crippen MR) is 98.1 cm³/mol. The fourth-order valence-corrected chi connectivity index (χ4v) is 3.17. The first-order chi connectivity index (χ1) is 13.3. The summed E-state index contributed by atoms with van der Waals surface area (Å²) < 4.78 is 43.8. The van der Waals surface area contributed by atoms with Gasteiger partial charge < -0.3 is 9.84 Å². The van der Waals surface area contributed by atoms with Gasteiger partial charge in [0.15, 0.2) is 0 Å². The molecule has 3 rings (SSSR count). The number of ether oxygens (including phenoxy) is 1. The van der Waals surface area contributed by atoms with Gasteiger partial charge in [0.2, 0.25) is 0 Å². The average molecular weight is 393 g/mol. The van der Waals surface area contributed by atoms with E-state index in [1.807, 2.05) is 24.3 Å². The molecule has 4 nitrogen and oxygen atoms in total. The Balaban J connectivity index is 1.39. The van der Waals surface area contributed by atoms with Gasteiger partial charge in [0.25, 0.3) is 0 Å². The lowest BCUT2D eigenvalue weighted by Crippen LogP contribution is -2.49. The van der Waals surface area contributed by atoms with Crippen LogP contribution in [0.2, 0.25) is 0 Å². The second-order valence-electron chi connectivity index (χ2n) is 7.02. The van der Waals surface area contributed by atoms with Gasteiger partial charge in [0.05, 0.1) is 18.1 Å². The van der Waals surface area contributed by atoms with Crippen LogP contribution in [0.4, 0.5) is 13.2 Å². The van der Waals surface area contributed by atoms with E-state index in [-0.39, 0.29) is 5.92 Å². The van der Waals surface area contributed by atoms with Crippen molar-refractivity contribution < 1.29 is 27.8 Å². The summed E-state index contributed by atoms with van der Waals surface area (Å²) in [6.07, 6.45) is -3.19. The Morgan fingerprint density at radius 1 is 1.11 bits per heavy atom. The van der Waals surface area contributed by atoms with Crippen molar-refractivity contribution in [1.29, 1.82) is 0 Å². The lowest BCUT2D eigenvalue weighted by atomic mass is 10.00. The van der Waals surface area contributed by atoms with Crippen LogP contribution in [0.25, 0.3) is 0 Å². The summed E-state index contributed by atoms with van der Waals surface area (Å²) >= 11 is 0. The van der Waals surface area contributed by atoms with Crippen LogP contribution in [-0.4, -0.2) is 35.7 Å². The molecular weight excluding hydrogens is 371 g/mol. The zero-order valence-corrected chi connectivity index (χ0v) is 15.3. The molecule has 0 amide bonds. The van der Waals surface area contributed by atoms with Crippen molar-refractivity contribution in [2.75, 3.05) is 19.7 Å². The summed E-state index contributed by atoms with van der Waals surface area (Å²) in [6.45, 7) is 2.27. The number of alkyl halides is 3. The molecule has 7 heteroatoms. The van der Waals surface area contributed by atoms with Gasteiger partial charge in [-0.25, -0.2) is 0 Å². The van der Waals surface area contributed by atoms with Gasteiger partial charge in [0, 0.05) is 19.6 Å². The summed E-state index contributed by atoms with van der Waals surface area (Å²) in [7, 11) is 0. The van der Waals surface area contributed by atoms with E-state index in [1.54, 1.807) is 6.07 Å². The van der Waals surface area contributed by atoms with Crippen molar-refractivity contribution in [3.63, 3.8) is 0 Å². The van der Waals surface area contributed by atoms with E-state index >= 15 is 0 Å². The number of rotatable bonds is 8. The molecule has 2 aromatic carbocycles. The number of carboxylic acid groups (broad SMARTS) is 1. The predicted octanol–water partition coefficient (Wildman–Crippen LogP) is 4.23. The number of hydrogen-bond donors (Lipinski definition) is 1. The molecule has 0 unspecified atom stereocenters. The lowest BCUT2D eigenvalue weighted by Gasteiger charge is -2.36. The highest BCUT2D eigenvalue weighted by Crippen LogP contribution is 2.29. The Hall–Kier alpha value is -2.54. The third kappa shape index (κ3) is 5.48. The van der Waals surface area contributed by atoms with Crippen LogP contribution in [0.1, 0.15) is 23.1 Å². The highest BCUT2D eigenvalue weighted by molar-refractivity contribution is 5.71. The minimum absolute atomic E-state index is 0.264. The second-order valence-corrected chi connectivity index (χ2v) is 7.02. The van der Waals surface area contributed by atoms with Gasteiger partial charge in [0.1, 0.15) is 5.75 Å². The van der Waals surface area contributed by atoms with Gasteiger partial charge in [-0.05, 0) is 42.2 Å². The van der Waals surface area contributed by atoms with Crippen molar-refractivity contribution >= 4 is 5.97 Å². The standard InChI is InChI=1S/C21H22F3NO3/c22-21(23,24)18-5-1-3-15(11-18)4-2-10-28-19-8-6-16(7-9-19)12-25-13-17(14-25)20(26)27/h1,3,5-9,11,17H,2,4,10,12-14H2,(H,26,27). The maximum Gasteiger partial charge on any atom is 0.416 e. The molecule has 0 aromatic heterocycles. The molecule has 2 aromatic rings. The van der Waals surface area contributed by atoms with Crippen LogP contribution in [-0.2, 0) is 23.9 Å². The number of hydrogen-bond acceptors (Lipinski definition) is 3. The first-order valence-corrected chi connectivity index (χ1v) is 9.14. The molecule has 0 spiro atoms. The molecule has 0 saturated carbocycles. The Morgan fingerprint density at radius 3 is 2.46 bits per heavy atom. The number of nitrogens with zero attached hydrogens (tertiary/aromatic N) is 1. The SMILES string of the molecule is O=C(O)C1CN(Cc2ccc(OCCCc3cccc(C(F)(F)F)c3)cc2)C1. The minimum atomic E-state index is -4.32. The van der Waals surface area contributed by atoms with Crippen LogP contribution in [0.5, 0.6) is 5.75 Å². The van der Waals surface area contributed by atoms with Gasteiger partial charge in [-0.3, -0.25) is 9.69 Å². The van der Waals surface area contributed by atoms with Crippen LogP contribution in [0, 0.1) is 5.92 Å². The van der Waals surface area contributed by atoms with E-state index in [9.17, 15) is 18.0 Å². The molecule has 0 bridgehead atoms. The zero-order valence-electron chi connectivity index (χ0n) is 15.3. The number of halogens is 3. The maximum absolute atomic E-state index is 12.7. The minimum Gasteiger partial charge on any atom is -0.494 e. The molecule has 28 heavy (non-hydrogen) atoms. The highest BCUT2D eigenvalue weighted by atomic mass is 19.4. The number of carbonyl (C=O) groups is 1. The maximum atomic E-state index is 12.7. The molecule has 1 saturated heterocycles. The Labute approximate surface area is 161 Å². The van der Waals surface area contributed by atoms with E-state index in [4.69, 9.17) is 9.84 Å². The number of aryl methyl sites for hydroxylation is 1. The third-order valence-corrected chi connectivity index (χ3v) is 4.77. The van der Waals surface area contributed by atoms with Crippen molar-refractivity contribution in [2.45, 2.75) is 25.6 Å². The first-order valence-electron chi connectivity index (χ1n) is 9.14. The Bertz CT molecular complexity index is 799. The molecular formula is C21H22F3NO3. The molecule has 1 aliphatic heterocycles. The van der Waals surface area contributed by atoms with Crippen LogP contribution < -0.4 is 4.74 Å². The summed E-state index contributed by atoms with van der Waals surface area (Å²) in [4.78, 5) is 12.9. The number of benzene rings is 2. The summed E-state index contributed by atoms with van der Waals surface area (Å²) in [5.41, 5.74) is 1.10. The molecule has 1 heterocycles. The smallest absolute Gasteiger partial charge is 0.416 e. The number of likely N-dealkylation sites (tertiary alicyclic amines) is 1. The third-order valence-electron chi connectivity index (χ3n) is 4.77. The van der Waals surface area contributed by atoms with Crippen molar-refractivity contribution in [2.24, 2.45) is 5.92 Å². The van der Waals surface area contributed by atoms with Gasteiger partial charge in [-0.1, -0.05) is 30.3 Å². The summed E-state index contributed by atoms with van der Waals surface area (Å²) in [6, 6.07) is 13.0. The quantitative estimate of drug-likeness (QED) is 0.682. The second kappa shape index (κ2) is 8.65. The van der Waals surface area contributed by atoms with Gasteiger partial charge in [-0.2, -0.15) is 13.2 Å². The fraction of sp³-hybridized carbons (Fsp3) is 0.381. The number of carboxylic acids is 1. The van der Waals surface area contributed by atoms with E-state index in [0.29, 0.717) is 50.4 Å². The van der Waals surface area contributed by atoms with Crippen molar-refractivity contribution in [3.05, 3.63) is 65.2 Å². The zero-order chi connectivity index (χ0) is 20.1. The number of aliphatic carboxylic acids is 1. The van der Waals surface area contributed by atoms with Crippen LogP contribution in [0.3, 0.4) is 0 Å². The summed E-state index contributed by atoms with van der Waals surface area (Å²) in [5.74, 6) is -0.302. The van der Waals surface area contributed by atoms with Crippen molar-refractivity contribution in [3.8, 4) is 5.75 Å². The Morgan fingerprint density at radius 2 is 1.82 bits per heavy atom. The molecule has 0 atom stereocenters. The summed E-state index contributed by atoms with van der Waals surface area (Å²) in [5, 5.41) is 8.89. The molecule has 1 aliphatic rings. The molecule has 150 valence electrons. The molecule has 0 radical (unpaired) electrons. The van der Waals surface area contributed by atoms with Gasteiger partial charge in [-0.15, -0.1) is 0 Å². The van der Waals surface area contributed by atoms with Crippen LogP contribution in [0.15, 0.2) is 48.5 Å². The molecule has 0 aliphatic carbocycles. The van der Waals surface area contributed by atoms with Gasteiger partial charge >= 0.3 is 12.1 Å². The fourth-order valence-electron chi connectivity index (χ4n) is 3.17. The highest BCUT2D eigenvalue weighted by Gasteiger charge is 2.32. The van der Waals surface area contributed by atoms with E-state index in [0.717, 1.165) is 11.6 Å². The van der Waals surface area contributed by atoms with E-state index in [2.05, 4.69) is 4.90 Å². The first kappa shape index (κ1) is 20.2. The largest absolute Gasteiger partial charge is 0.494 e. The normalized spacial score (nSPS) is 15.2. The van der Waals surface area contributed by atoms with Crippen molar-refractivity contribution in [1.82, 2.24) is 4.90 Å². The Kier molecular flexibility index (Phi) is 6.24.